The van der Waals surface area contributed by atoms with Gasteiger partial charge in [0.05, 0.1) is 28.2 Å². The van der Waals surface area contributed by atoms with Crippen LogP contribution in [-0.4, -0.2) is 53.2 Å². The number of imidazole rings is 1. The van der Waals surface area contributed by atoms with E-state index >= 15 is 0 Å². The van der Waals surface area contributed by atoms with Gasteiger partial charge in [0.2, 0.25) is 5.95 Å². The smallest absolute Gasteiger partial charge is 0.223 e. The van der Waals surface area contributed by atoms with Crippen molar-refractivity contribution in [2.24, 2.45) is 7.05 Å². The molecule has 0 spiro atoms. The van der Waals surface area contributed by atoms with Gasteiger partial charge in [0.25, 0.3) is 0 Å². The van der Waals surface area contributed by atoms with Crippen molar-refractivity contribution in [1.29, 1.82) is 0 Å². The molecule has 0 aromatic carbocycles. The summed E-state index contributed by atoms with van der Waals surface area (Å²) in [6, 6.07) is 0.399. The van der Waals surface area contributed by atoms with Crippen molar-refractivity contribution in [2.45, 2.75) is 43.5 Å². The number of piperidine rings is 1. The van der Waals surface area contributed by atoms with Crippen molar-refractivity contribution in [3.8, 4) is 11.4 Å². The van der Waals surface area contributed by atoms with E-state index in [4.69, 9.17) is 9.97 Å². The van der Waals surface area contributed by atoms with Crippen LogP contribution in [0.2, 0.25) is 0 Å². The van der Waals surface area contributed by atoms with Gasteiger partial charge >= 0.3 is 0 Å². The highest BCUT2D eigenvalue weighted by molar-refractivity contribution is 7.97. The predicted octanol–water partition coefficient (Wildman–Crippen LogP) is 2.59. The maximum atomic E-state index is 4.89. The van der Waals surface area contributed by atoms with E-state index in [9.17, 15) is 0 Å². The van der Waals surface area contributed by atoms with E-state index < -0.39 is 0 Å². The first-order chi connectivity index (χ1) is 13.7. The first-order valence-electron chi connectivity index (χ1n) is 9.74. The third-order valence-electron chi connectivity index (χ3n) is 5.61. The number of hydrogen-bond acceptors (Lipinski definition) is 7. The number of aromatic amines is 1. The molecule has 28 heavy (non-hydrogen) atoms. The van der Waals surface area contributed by atoms with E-state index in [0.717, 1.165) is 72.5 Å². The first-order valence-corrected chi connectivity index (χ1v) is 10.5. The Hall–Kier alpha value is -2.39. The van der Waals surface area contributed by atoms with Crippen LogP contribution < -0.4 is 5.32 Å². The number of nitrogens with one attached hydrogen (secondary N) is 2. The number of nitrogens with zero attached hydrogens (tertiary/aromatic N) is 6. The molecule has 0 bridgehead atoms. The van der Waals surface area contributed by atoms with Crippen molar-refractivity contribution < 1.29 is 0 Å². The summed E-state index contributed by atoms with van der Waals surface area (Å²) in [5, 5.41) is 10.4. The minimum Gasteiger partial charge on any atom is -0.351 e. The second-order valence-electron chi connectivity index (χ2n) is 7.45. The van der Waals surface area contributed by atoms with Crippen LogP contribution in [0.1, 0.15) is 29.9 Å². The highest BCUT2D eigenvalue weighted by Crippen LogP contribution is 2.32. The Morgan fingerprint density at radius 2 is 2.04 bits per heavy atom. The zero-order chi connectivity index (χ0) is 19.1. The van der Waals surface area contributed by atoms with Crippen LogP contribution in [0, 0.1) is 6.92 Å². The maximum Gasteiger partial charge on any atom is 0.223 e. The van der Waals surface area contributed by atoms with E-state index in [0.29, 0.717) is 6.04 Å². The van der Waals surface area contributed by atoms with Crippen LogP contribution in [0.25, 0.3) is 11.4 Å². The monoisotopic (exact) mass is 396 g/mol. The quantitative estimate of drug-likeness (QED) is 0.656. The van der Waals surface area contributed by atoms with Gasteiger partial charge in [-0.2, -0.15) is 5.10 Å². The molecule has 5 rings (SSSR count). The SMILES string of the molecule is Cc1nc2c(n1C)-c1nc(NC3CCN(Sc4cn[nH]c4)CC3)ncc1CC2. The van der Waals surface area contributed by atoms with Gasteiger partial charge in [-0.3, -0.25) is 5.10 Å². The molecule has 1 fully saturated rings. The lowest BCUT2D eigenvalue weighted by atomic mass is 9.98. The lowest BCUT2D eigenvalue weighted by Gasteiger charge is -2.31. The zero-order valence-corrected chi connectivity index (χ0v) is 17.0. The molecule has 0 amide bonds. The van der Waals surface area contributed by atoms with E-state index in [1.165, 1.54) is 5.56 Å². The van der Waals surface area contributed by atoms with Crippen LogP contribution in [0.3, 0.4) is 0 Å². The molecule has 2 aliphatic rings. The minimum atomic E-state index is 0.399. The molecule has 0 atom stereocenters. The molecule has 3 aromatic heterocycles. The average molecular weight is 397 g/mol. The molecular formula is C19H24N8S. The normalized spacial score (nSPS) is 17.4. The second kappa shape index (κ2) is 7.21. The molecule has 4 heterocycles. The Kier molecular flexibility index (Phi) is 4.56. The summed E-state index contributed by atoms with van der Waals surface area (Å²) in [6.45, 7) is 4.11. The zero-order valence-electron chi connectivity index (χ0n) is 16.1. The molecule has 146 valence electrons. The van der Waals surface area contributed by atoms with Crippen molar-refractivity contribution >= 4 is 17.9 Å². The maximum absolute atomic E-state index is 4.89. The number of anilines is 1. The van der Waals surface area contributed by atoms with E-state index in [-0.39, 0.29) is 0 Å². The third kappa shape index (κ3) is 3.29. The third-order valence-corrected chi connectivity index (χ3v) is 6.66. The molecular weight excluding hydrogens is 372 g/mol. The van der Waals surface area contributed by atoms with Gasteiger partial charge in [0.1, 0.15) is 5.82 Å². The molecule has 0 saturated carbocycles. The summed E-state index contributed by atoms with van der Waals surface area (Å²) < 4.78 is 4.54. The molecule has 1 saturated heterocycles. The van der Waals surface area contributed by atoms with Gasteiger partial charge in [0, 0.05) is 38.6 Å². The summed E-state index contributed by atoms with van der Waals surface area (Å²) in [5.74, 6) is 1.76. The van der Waals surface area contributed by atoms with Gasteiger partial charge in [-0.25, -0.2) is 19.3 Å². The van der Waals surface area contributed by atoms with E-state index in [1.807, 2.05) is 25.5 Å². The molecule has 2 N–H and O–H groups in total. The van der Waals surface area contributed by atoms with Gasteiger partial charge in [-0.05, 0) is 50.1 Å². The lowest BCUT2D eigenvalue weighted by Crippen LogP contribution is -2.36. The molecule has 1 aliphatic carbocycles. The number of fused-ring (bicyclic) bond motifs is 3. The van der Waals surface area contributed by atoms with Crippen molar-refractivity contribution in [2.75, 3.05) is 18.4 Å². The molecule has 8 nitrogen and oxygen atoms in total. The standard InChI is InChI=1S/C19H24N8S/c1-12-23-16-4-3-13-9-20-19(25-17(13)18(16)26(12)2)24-14-5-7-27(8-6-14)28-15-10-21-22-11-15/h9-11,14H,3-8H2,1-2H3,(H,21,22)(H,20,24,25). The summed E-state index contributed by atoms with van der Waals surface area (Å²) in [4.78, 5) is 15.3. The van der Waals surface area contributed by atoms with Crippen molar-refractivity contribution in [1.82, 2.24) is 34.0 Å². The first kappa shape index (κ1) is 17.7. The van der Waals surface area contributed by atoms with Crippen LogP contribution in [0.4, 0.5) is 5.95 Å². The molecule has 1 aliphatic heterocycles. The highest BCUT2D eigenvalue weighted by Gasteiger charge is 2.25. The topological polar surface area (TPSA) is 87.5 Å². The van der Waals surface area contributed by atoms with Crippen molar-refractivity contribution in [3.05, 3.63) is 35.7 Å². The summed E-state index contributed by atoms with van der Waals surface area (Å²) in [6.07, 6.45) is 9.85. The number of aromatic nitrogens is 6. The van der Waals surface area contributed by atoms with Crippen LogP contribution >= 0.6 is 11.9 Å². The average Bonchev–Trinajstić information content (AvgIpc) is 3.31. The minimum absolute atomic E-state index is 0.399. The van der Waals surface area contributed by atoms with Crippen LogP contribution in [0.15, 0.2) is 23.5 Å². The fraction of sp³-hybridized carbons (Fsp3) is 0.474. The summed E-state index contributed by atoms with van der Waals surface area (Å²) in [5.41, 5.74) is 4.56. The van der Waals surface area contributed by atoms with E-state index in [1.54, 1.807) is 11.9 Å². The van der Waals surface area contributed by atoms with Gasteiger partial charge < -0.3 is 9.88 Å². The molecule has 0 radical (unpaired) electrons. The molecule has 3 aromatic rings. The summed E-state index contributed by atoms with van der Waals surface area (Å²) >= 11 is 1.77. The van der Waals surface area contributed by atoms with Gasteiger partial charge in [-0.1, -0.05) is 0 Å². The van der Waals surface area contributed by atoms with Gasteiger partial charge in [0.15, 0.2) is 0 Å². The van der Waals surface area contributed by atoms with Gasteiger partial charge in [-0.15, -0.1) is 0 Å². The van der Waals surface area contributed by atoms with Crippen LogP contribution in [-0.2, 0) is 19.9 Å². The Morgan fingerprint density at radius 3 is 2.82 bits per heavy atom. The molecule has 9 heteroatoms. The highest BCUT2D eigenvalue weighted by atomic mass is 32.2. The van der Waals surface area contributed by atoms with Crippen molar-refractivity contribution in [3.63, 3.8) is 0 Å². The molecule has 0 unspecified atom stereocenters. The summed E-state index contributed by atoms with van der Waals surface area (Å²) in [7, 11) is 2.07. The Labute approximate surface area is 168 Å². The Balaban J connectivity index is 1.27. The lowest BCUT2D eigenvalue weighted by molar-refractivity contribution is 0.357. The number of hydrogen-bond donors (Lipinski definition) is 2. The number of aryl methyl sites for hydroxylation is 3. The van der Waals surface area contributed by atoms with E-state index in [2.05, 4.69) is 36.4 Å². The predicted molar refractivity (Wildman–Crippen MR) is 109 cm³/mol. The second-order valence-corrected chi connectivity index (χ2v) is 8.62. The Morgan fingerprint density at radius 1 is 1.18 bits per heavy atom. The number of rotatable bonds is 4. The van der Waals surface area contributed by atoms with Crippen LogP contribution in [0.5, 0.6) is 0 Å². The fourth-order valence-electron chi connectivity index (χ4n) is 3.98. The number of H-pyrrole nitrogens is 1. The Bertz CT molecular complexity index is 972. The fourth-order valence-corrected chi connectivity index (χ4v) is 4.87. The largest absolute Gasteiger partial charge is 0.351 e.